The molecule has 4 rings (SSSR count). The van der Waals surface area contributed by atoms with E-state index in [0.29, 0.717) is 17.4 Å². The van der Waals surface area contributed by atoms with Crippen molar-refractivity contribution in [3.05, 3.63) is 64.7 Å². The van der Waals surface area contributed by atoms with Gasteiger partial charge in [-0.1, -0.05) is 6.07 Å². The Morgan fingerprint density at radius 1 is 1.19 bits per heavy atom. The molecule has 0 spiro atoms. The number of nitrogens with one attached hydrogen (secondary N) is 1. The molecule has 138 valence electrons. The van der Waals surface area contributed by atoms with Crippen LogP contribution in [0.4, 0.5) is 25.3 Å². The Labute approximate surface area is 157 Å². The number of anilines is 3. The summed E-state index contributed by atoms with van der Waals surface area (Å²) in [5.41, 5.74) is 2.13. The second-order valence-electron chi connectivity index (χ2n) is 6.19. The minimum atomic E-state index is -0.699. The lowest BCUT2D eigenvalue weighted by molar-refractivity contribution is 0.0981. The van der Waals surface area contributed by atoms with Crippen LogP contribution in [0.5, 0.6) is 5.75 Å². The third-order valence-corrected chi connectivity index (χ3v) is 5.03. The van der Waals surface area contributed by atoms with Crippen LogP contribution in [0.1, 0.15) is 22.5 Å². The summed E-state index contributed by atoms with van der Waals surface area (Å²) >= 11 is 1.17. The van der Waals surface area contributed by atoms with Crippen molar-refractivity contribution in [3.63, 3.8) is 0 Å². The van der Waals surface area contributed by atoms with E-state index in [0.717, 1.165) is 36.6 Å². The molecule has 1 aliphatic rings. The molecular formula is C19H15F2N3O2S. The molecule has 0 unspecified atom stereocenters. The molecule has 0 aliphatic carbocycles. The van der Waals surface area contributed by atoms with Crippen molar-refractivity contribution in [2.24, 2.45) is 0 Å². The van der Waals surface area contributed by atoms with Crippen LogP contribution in [-0.2, 0) is 6.42 Å². The summed E-state index contributed by atoms with van der Waals surface area (Å²) in [6, 6.07) is 8.08. The molecule has 2 aromatic carbocycles. The quantitative estimate of drug-likeness (QED) is 0.696. The molecule has 5 nitrogen and oxygen atoms in total. The van der Waals surface area contributed by atoms with Gasteiger partial charge in [0.05, 0.1) is 5.69 Å². The summed E-state index contributed by atoms with van der Waals surface area (Å²) in [5.74, 6) is -1.58. The van der Waals surface area contributed by atoms with Crippen LogP contribution in [0.15, 0.2) is 41.8 Å². The first-order valence-electron chi connectivity index (χ1n) is 8.32. The van der Waals surface area contributed by atoms with Crippen molar-refractivity contribution in [1.29, 1.82) is 0 Å². The number of aromatic nitrogens is 1. The van der Waals surface area contributed by atoms with Gasteiger partial charge >= 0.3 is 0 Å². The Morgan fingerprint density at radius 2 is 1.96 bits per heavy atom. The molecule has 2 N–H and O–H groups in total. The van der Waals surface area contributed by atoms with Crippen LogP contribution in [-0.4, -0.2) is 22.5 Å². The number of phenolic OH excluding ortho intramolecular Hbond substituents is 1. The summed E-state index contributed by atoms with van der Waals surface area (Å²) in [6.07, 6.45) is 1.66. The molecule has 1 amide bonds. The predicted molar refractivity (Wildman–Crippen MR) is 99.9 cm³/mol. The number of hydrogen-bond donors (Lipinski definition) is 2. The number of carbonyl (C=O) groups is 1. The Kier molecular flexibility index (Phi) is 4.49. The first-order valence-corrected chi connectivity index (χ1v) is 9.20. The zero-order valence-electron chi connectivity index (χ0n) is 14.1. The zero-order valence-corrected chi connectivity index (χ0v) is 14.9. The average molecular weight is 387 g/mol. The SMILES string of the molecule is O=C(c1csc(Nc2cc(F)cc(F)c2)n1)N1CCCc2ccc(O)cc21. The number of aromatic hydroxyl groups is 1. The highest BCUT2D eigenvalue weighted by atomic mass is 32.1. The van der Waals surface area contributed by atoms with Crippen LogP contribution in [0, 0.1) is 11.6 Å². The van der Waals surface area contributed by atoms with E-state index >= 15 is 0 Å². The summed E-state index contributed by atoms with van der Waals surface area (Å²) in [6.45, 7) is 0.532. The maximum Gasteiger partial charge on any atom is 0.277 e. The van der Waals surface area contributed by atoms with E-state index in [1.165, 1.54) is 11.3 Å². The van der Waals surface area contributed by atoms with Crippen LogP contribution >= 0.6 is 11.3 Å². The fourth-order valence-electron chi connectivity index (χ4n) is 3.09. The van der Waals surface area contributed by atoms with Crippen molar-refractivity contribution in [2.45, 2.75) is 12.8 Å². The van der Waals surface area contributed by atoms with Crippen molar-refractivity contribution < 1.29 is 18.7 Å². The van der Waals surface area contributed by atoms with Gasteiger partial charge < -0.3 is 15.3 Å². The second kappa shape index (κ2) is 6.96. The van der Waals surface area contributed by atoms with E-state index in [1.807, 2.05) is 6.07 Å². The number of halogens is 2. The zero-order chi connectivity index (χ0) is 19.0. The first-order chi connectivity index (χ1) is 13.0. The Morgan fingerprint density at radius 3 is 2.74 bits per heavy atom. The standard InChI is InChI=1S/C19H15F2N3O2S/c20-12-6-13(21)8-14(7-12)22-19-23-16(10-27-19)18(26)24-5-1-2-11-3-4-15(25)9-17(11)24/h3-4,6-10,25H,1-2,5H2,(H,22,23). The summed E-state index contributed by atoms with van der Waals surface area (Å²) in [5, 5.41) is 14.5. The molecule has 0 saturated carbocycles. The number of rotatable bonds is 3. The van der Waals surface area contributed by atoms with Gasteiger partial charge in [-0.2, -0.15) is 0 Å². The molecule has 27 heavy (non-hydrogen) atoms. The van der Waals surface area contributed by atoms with E-state index in [-0.39, 0.29) is 23.0 Å². The fraction of sp³-hybridized carbons (Fsp3) is 0.158. The topological polar surface area (TPSA) is 65.5 Å². The van der Waals surface area contributed by atoms with Crippen LogP contribution in [0.2, 0.25) is 0 Å². The monoisotopic (exact) mass is 387 g/mol. The molecule has 2 heterocycles. The van der Waals surface area contributed by atoms with E-state index in [4.69, 9.17) is 0 Å². The number of benzene rings is 2. The molecule has 3 aromatic rings. The van der Waals surface area contributed by atoms with E-state index in [2.05, 4.69) is 10.3 Å². The number of nitrogens with zero attached hydrogens (tertiary/aromatic N) is 2. The smallest absolute Gasteiger partial charge is 0.277 e. The highest BCUT2D eigenvalue weighted by Gasteiger charge is 2.25. The van der Waals surface area contributed by atoms with Gasteiger partial charge in [0.1, 0.15) is 23.1 Å². The fourth-order valence-corrected chi connectivity index (χ4v) is 3.80. The van der Waals surface area contributed by atoms with Gasteiger partial charge in [-0.05, 0) is 36.6 Å². The minimum Gasteiger partial charge on any atom is -0.508 e. The van der Waals surface area contributed by atoms with Crippen molar-refractivity contribution in [1.82, 2.24) is 4.98 Å². The first kappa shape index (κ1) is 17.4. The molecular weight excluding hydrogens is 372 g/mol. The average Bonchev–Trinajstić information content (AvgIpc) is 3.08. The van der Waals surface area contributed by atoms with E-state index < -0.39 is 11.6 Å². The molecule has 8 heteroatoms. The number of fused-ring (bicyclic) bond motifs is 1. The minimum absolute atomic E-state index is 0.0993. The summed E-state index contributed by atoms with van der Waals surface area (Å²) in [7, 11) is 0. The number of amides is 1. The Balaban J connectivity index is 1.57. The molecule has 0 fully saturated rings. The van der Waals surface area contributed by atoms with Crippen molar-refractivity contribution >= 4 is 33.8 Å². The van der Waals surface area contributed by atoms with Crippen LogP contribution in [0.25, 0.3) is 0 Å². The highest BCUT2D eigenvalue weighted by Crippen LogP contribution is 2.32. The normalized spacial score (nSPS) is 13.3. The Bertz CT molecular complexity index is 1000. The third-order valence-electron chi connectivity index (χ3n) is 4.27. The number of carbonyl (C=O) groups excluding carboxylic acids is 1. The molecule has 0 saturated heterocycles. The molecule has 0 atom stereocenters. The lowest BCUT2D eigenvalue weighted by Gasteiger charge is -2.29. The van der Waals surface area contributed by atoms with Gasteiger partial charge in [0.25, 0.3) is 5.91 Å². The second-order valence-corrected chi connectivity index (χ2v) is 7.05. The molecule has 0 bridgehead atoms. The van der Waals surface area contributed by atoms with E-state index in [9.17, 15) is 18.7 Å². The molecule has 1 aliphatic heterocycles. The lowest BCUT2D eigenvalue weighted by Crippen LogP contribution is -2.35. The van der Waals surface area contributed by atoms with Gasteiger partial charge in [0.2, 0.25) is 0 Å². The summed E-state index contributed by atoms with van der Waals surface area (Å²) in [4.78, 5) is 18.7. The van der Waals surface area contributed by atoms with Crippen molar-refractivity contribution in [2.75, 3.05) is 16.8 Å². The number of hydrogen-bond acceptors (Lipinski definition) is 5. The van der Waals surface area contributed by atoms with E-state index in [1.54, 1.807) is 22.4 Å². The molecule has 0 radical (unpaired) electrons. The number of aryl methyl sites for hydroxylation is 1. The van der Waals surface area contributed by atoms with Gasteiger partial charge in [0, 0.05) is 29.7 Å². The largest absolute Gasteiger partial charge is 0.508 e. The lowest BCUT2D eigenvalue weighted by atomic mass is 10.0. The van der Waals surface area contributed by atoms with Gasteiger partial charge in [-0.3, -0.25) is 4.79 Å². The number of thiazole rings is 1. The third kappa shape index (κ3) is 3.61. The predicted octanol–water partition coefficient (Wildman–Crippen LogP) is 4.46. The van der Waals surface area contributed by atoms with Gasteiger partial charge in [0.15, 0.2) is 5.13 Å². The summed E-state index contributed by atoms with van der Waals surface area (Å²) < 4.78 is 26.6. The van der Waals surface area contributed by atoms with Gasteiger partial charge in [-0.25, -0.2) is 13.8 Å². The van der Waals surface area contributed by atoms with Crippen molar-refractivity contribution in [3.8, 4) is 5.75 Å². The highest BCUT2D eigenvalue weighted by molar-refractivity contribution is 7.14. The number of phenols is 1. The Hall–Kier alpha value is -3.00. The van der Waals surface area contributed by atoms with Crippen LogP contribution < -0.4 is 10.2 Å². The maximum absolute atomic E-state index is 13.3. The van der Waals surface area contributed by atoms with Gasteiger partial charge in [-0.15, -0.1) is 11.3 Å². The molecule has 1 aromatic heterocycles. The maximum atomic E-state index is 13.3. The van der Waals surface area contributed by atoms with Crippen LogP contribution in [0.3, 0.4) is 0 Å².